The number of methoxy groups -OCH3 is 1. The van der Waals surface area contributed by atoms with Gasteiger partial charge in [-0.25, -0.2) is 0 Å². The Hall–Kier alpha value is -2.77. The molecule has 0 aliphatic carbocycles. The third-order valence-electron chi connectivity index (χ3n) is 5.20. The lowest BCUT2D eigenvalue weighted by molar-refractivity contribution is -0.141. The standard InChI is InChI=1S/C21H20ClNO6/c1-27-16-10-12(6-7-14(16)22)19(24)17-18(15-5-3-9-29-15)23(21(26)20(17)25)11-13-4-2-8-28-13/h3,5-7,9-10,13,18,24H,2,4,8,11H2,1H3/b19-17-. The maximum absolute atomic E-state index is 12.9. The van der Waals surface area contributed by atoms with Crippen molar-refractivity contribution in [1.29, 1.82) is 0 Å². The van der Waals surface area contributed by atoms with Crippen LogP contribution in [0.15, 0.2) is 46.6 Å². The lowest BCUT2D eigenvalue weighted by Crippen LogP contribution is -2.36. The van der Waals surface area contributed by atoms with Gasteiger partial charge in [-0.1, -0.05) is 11.6 Å². The number of aliphatic hydroxyl groups excluding tert-OH is 1. The van der Waals surface area contributed by atoms with Crippen molar-refractivity contribution in [2.24, 2.45) is 0 Å². The summed E-state index contributed by atoms with van der Waals surface area (Å²) in [6, 6.07) is 7.15. The van der Waals surface area contributed by atoms with Gasteiger partial charge in [-0.15, -0.1) is 0 Å². The molecule has 0 radical (unpaired) electrons. The molecule has 4 rings (SSSR count). The number of amides is 1. The Bertz CT molecular complexity index is 962. The number of nitrogens with zero attached hydrogens (tertiary/aromatic N) is 1. The van der Waals surface area contributed by atoms with E-state index in [9.17, 15) is 14.7 Å². The molecule has 0 saturated carbocycles. The summed E-state index contributed by atoms with van der Waals surface area (Å²) in [5.74, 6) is -1.03. The van der Waals surface area contributed by atoms with Gasteiger partial charge in [0.15, 0.2) is 0 Å². The van der Waals surface area contributed by atoms with Gasteiger partial charge in [0, 0.05) is 18.7 Å². The van der Waals surface area contributed by atoms with Crippen molar-refractivity contribution < 1.29 is 28.6 Å². The summed E-state index contributed by atoms with van der Waals surface area (Å²) < 4.78 is 16.3. The number of furan rings is 1. The van der Waals surface area contributed by atoms with Crippen molar-refractivity contribution in [3.8, 4) is 5.75 Å². The van der Waals surface area contributed by atoms with E-state index in [1.165, 1.54) is 24.3 Å². The highest BCUT2D eigenvalue weighted by Gasteiger charge is 2.48. The molecule has 0 spiro atoms. The highest BCUT2D eigenvalue weighted by atomic mass is 35.5. The molecule has 2 aliphatic heterocycles. The summed E-state index contributed by atoms with van der Waals surface area (Å²) in [5, 5.41) is 11.3. The van der Waals surface area contributed by atoms with E-state index in [1.54, 1.807) is 24.3 Å². The van der Waals surface area contributed by atoms with Crippen molar-refractivity contribution in [3.63, 3.8) is 0 Å². The molecule has 29 heavy (non-hydrogen) atoms. The van der Waals surface area contributed by atoms with Gasteiger partial charge in [-0.05, 0) is 43.2 Å². The largest absolute Gasteiger partial charge is 0.507 e. The minimum atomic E-state index is -0.837. The van der Waals surface area contributed by atoms with Gasteiger partial charge >= 0.3 is 0 Å². The molecule has 2 unspecified atom stereocenters. The van der Waals surface area contributed by atoms with E-state index in [-0.39, 0.29) is 24.0 Å². The van der Waals surface area contributed by atoms with Crippen LogP contribution in [0.3, 0.4) is 0 Å². The summed E-state index contributed by atoms with van der Waals surface area (Å²) >= 11 is 6.06. The number of ketones is 1. The summed E-state index contributed by atoms with van der Waals surface area (Å²) in [5.41, 5.74) is 0.283. The third-order valence-corrected chi connectivity index (χ3v) is 5.51. The number of benzene rings is 1. The molecule has 2 atom stereocenters. The molecule has 7 nitrogen and oxygen atoms in total. The minimum absolute atomic E-state index is 0.0349. The number of aliphatic hydroxyl groups is 1. The monoisotopic (exact) mass is 417 g/mol. The van der Waals surface area contributed by atoms with Crippen molar-refractivity contribution >= 4 is 29.1 Å². The zero-order valence-corrected chi connectivity index (χ0v) is 16.5. The van der Waals surface area contributed by atoms with E-state index in [0.29, 0.717) is 28.7 Å². The first-order valence-electron chi connectivity index (χ1n) is 9.28. The van der Waals surface area contributed by atoms with Crippen molar-refractivity contribution in [2.45, 2.75) is 25.0 Å². The summed E-state index contributed by atoms with van der Waals surface area (Å²) in [6.07, 6.45) is 3.03. The number of hydrogen-bond donors (Lipinski definition) is 1. The van der Waals surface area contributed by atoms with Gasteiger partial charge in [-0.2, -0.15) is 0 Å². The molecule has 1 amide bonds. The molecule has 8 heteroatoms. The normalized spacial score (nSPS) is 23.7. The summed E-state index contributed by atoms with van der Waals surface area (Å²) in [4.78, 5) is 27.1. The number of rotatable bonds is 5. The number of hydrogen-bond acceptors (Lipinski definition) is 6. The van der Waals surface area contributed by atoms with E-state index in [4.69, 9.17) is 25.5 Å². The fraction of sp³-hybridized carbons (Fsp3) is 0.333. The van der Waals surface area contributed by atoms with E-state index >= 15 is 0 Å². The number of likely N-dealkylation sites (tertiary alicyclic amines) is 1. The second-order valence-electron chi connectivity index (χ2n) is 6.95. The number of ether oxygens (including phenoxy) is 2. The van der Waals surface area contributed by atoms with Gasteiger partial charge in [0.05, 0.1) is 30.1 Å². The van der Waals surface area contributed by atoms with Crippen LogP contribution in [0, 0.1) is 0 Å². The van der Waals surface area contributed by atoms with E-state index in [2.05, 4.69) is 0 Å². The number of Topliss-reactive ketones (excluding diaryl/α,β-unsaturated/α-hetero) is 1. The Morgan fingerprint density at radius 1 is 1.34 bits per heavy atom. The van der Waals surface area contributed by atoms with Crippen LogP contribution < -0.4 is 4.74 Å². The molecule has 2 saturated heterocycles. The van der Waals surface area contributed by atoms with Gasteiger partial charge in [0.2, 0.25) is 0 Å². The Morgan fingerprint density at radius 3 is 2.83 bits per heavy atom. The van der Waals surface area contributed by atoms with Crippen LogP contribution in [0.2, 0.25) is 5.02 Å². The predicted octanol–water partition coefficient (Wildman–Crippen LogP) is 3.54. The first kappa shape index (κ1) is 19.5. The average Bonchev–Trinajstić information content (AvgIpc) is 3.47. The van der Waals surface area contributed by atoms with Gasteiger partial charge in [0.25, 0.3) is 11.7 Å². The maximum atomic E-state index is 12.9. The first-order valence-corrected chi connectivity index (χ1v) is 9.66. The highest BCUT2D eigenvalue weighted by Crippen LogP contribution is 2.41. The van der Waals surface area contributed by atoms with E-state index < -0.39 is 17.7 Å². The molecule has 2 fully saturated rings. The smallest absolute Gasteiger partial charge is 0.295 e. The van der Waals surface area contributed by atoms with Crippen molar-refractivity contribution in [2.75, 3.05) is 20.3 Å². The molecule has 1 aromatic heterocycles. The summed E-state index contributed by atoms with van der Waals surface area (Å²) in [6.45, 7) is 0.876. The van der Waals surface area contributed by atoms with Crippen LogP contribution in [0.4, 0.5) is 0 Å². The lowest BCUT2D eigenvalue weighted by Gasteiger charge is -2.25. The van der Waals surface area contributed by atoms with E-state index in [0.717, 1.165) is 12.8 Å². The quantitative estimate of drug-likeness (QED) is 0.454. The predicted molar refractivity (Wildman–Crippen MR) is 105 cm³/mol. The topological polar surface area (TPSA) is 89.2 Å². The summed E-state index contributed by atoms with van der Waals surface area (Å²) in [7, 11) is 1.45. The zero-order chi connectivity index (χ0) is 20.5. The fourth-order valence-corrected chi connectivity index (χ4v) is 3.98. The Labute approximate surface area is 172 Å². The molecular weight excluding hydrogens is 398 g/mol. The van der Waals surface area contributed by atoms with E-state index in [1.807, 2.05) is 0 Å². The number of carbonyl (C=O) groups is 2. The van der Waals surface area contributed by atoms with Crippen LogP contribution in [-0.4, -0.2) is 48.1 Å². The second kappa shape index (κ2) is 7.93. The van der Waals surface area contributed by atoms with Crippen molar-refractivity contribution in [1.82, 2.24) is 4.90 Å². The third kappa shape index (κ3) is 3.52. The van der Waals surface area contributed by atoms with Crippen LogP contribution in [0.5, 0.6) is 5.75 Å². The van der Waals surface area contributed by atoms with Gasteiger partial charge in [-0.3, -0.25) is 9.59 Å². The van der Waals surface area contributed by atoms with Crippen LogP contribution in [-0.2, 0) is 14.3 Å². The molecule has 1 aromatic carbocycles. The SMILES string of the molecule is COc1cc(/C(O)=C2/C(=O)C(=O)N(CC3CCCO3)C2c2ccco2)ccc1Cl. The number of carbonyl (C=O) groups excluding carboxylic acids is 2. The second-order valence-corrected chi connectivity index (χ2v) is 7.36. The van der Waals surface area contributed by atoms with Gasteiger partial charge < -0.3 is 23.9 Å². The maximum Gasteiger partial charge on any atom is 0.295 e. The van der Waals surface area contributed by atoms with Crippen LogP contribution >= 0.6 is 11.6 Å². The van der Waals surface area contributed by atoms with Crippen LogP contribution in [0.25, 0.3) is 5.76 Å². The molecule has 1 N–H and O–H groups in total. The van der Waals surface area contributed by atoms with Crippen molar-refractivity contribution in [3.05, 3.63) is 58.5 Å². The highest BCUT2D eigenvalue weighted by molar-refractivity contribution is 6.46. The first-order chi connectivity index (χ1) is 14.0. The zero-order valence-electron chi connectivity index (χ0n) is 15.8. The number of halogens is 1. The minimum Gasteiger partial charge on any atom is -0.507 e. The Balaban J connectivity index is 1.80. The lowest BCUT2D eigenvalue weighted by atomic mass is 9.99. The molecule has 0 bridgehead atoms. The van der Waals surface area contributed by atoms with Gasteiger partial charge in [0.1, 0.15) is 23.3 Å². The van der Waals surface area contributed by atoms with Crippen LogP contribution in [0.1, 0.15) is 30.2 Å². The molecule has 3 heterocycles. The molecule has 2 aromatic rings. The Morgan fingerprint density at radius 2 is 2.17 bits per heavy atom. The molecule has 152 valence electrons. The molecule has 2 aliphatic rings. The molecular formula is C21H20ClNO6. The fourth-order valence-electron chi connectivity index (χ4n) is 3.78. The Kier molecular flexibility index (Phi) is 5.34. The average molecular weight is 418 g/mol.